The summed E-state index contributed by atoms with van der Waals surface area (Å²) < 4.78 is 42.6. The minimum absolute atomic E-state index is 0.0663. The second-order valence-corrected chi connectivity index (χ2v) is 8.68. The Balaban J connectivity index is 1.37. The van der Waals surface area contributed by atoms with Crippen molar-refractivity contribution in [2.45, 2.75) is 26.2 Å². The molecule has 4 aromatic rings. The molecule has 0 aliphatic heterocycles. The molecule has 1 aliphatic rings. The highest BCUT2D eigenvalue weighted by atomic mass is 19.1. The van der Waals surface area contributed by atoms with Crippen molar-refractivity contribution in [2.24, 2.45) is 5.92 Å². The smallest absolute Gasteiger partial charge is 0.131 e. The van der Waals surface area contributed by atoms with Crippen LogP contribution in [0.2, 0.25) is 0 Å². The van der Waals surface area contributed by atoms with Gasteiger partial charge in [0.1, 0.15) is 17.5 Å². The van der Waals surface area contributed by atoms with Crippen LogP contribution in [0.4, 0.5) is 13.2 Å². The zero-order chi connectivity index (χ0) is 22.2. The van der Waals surface area contributed by atoms with Gasteiger partial charge in [0.2, 0.25) is 0 Å². The molecule has 0 unspecified atom stereocenters. The van der Waals surface area contributed by atoms with Gasteiger partial charge in [0, 0.05) is 11.1 Å². The largest absolute Gasteiger partial charge is 0.207 e. The Morgan fingerprint density at radius 2 is 1.06 bits per heavy atom. The third-order valence-corrected chi connectivity index (χ3v) is 6.29. The van der Waals surface area contributed by atoms with Crippen molar-refractivity contribution in [3.8, 4) is 33.4 Å². The van der Waals surface area contributed by atoms with Crippen molar-refractivity contribution in [2.75, 3.05) is 0 Å². The van der Waals surface area contributed by atoms with Crippen molar-refractivity contribution >= 4 is 0 Å². The van der Waals surface area contributed by atoms with E-state index in [1.807, 2.05) is 24.3 Å². The van der Waals surface area contributed by atoms with Gasteiger partial charge in [-0.3, -0.25) is 0 Å². The second-order valence-electron chi connectivity index (χ2n) is 8.68. The van der Waals surface area contributed by atoms with E-state index in [-0.39, 0.29) is 16.7 Å². The average molecular weight is 428 g/mol. The molecule has 4 aromatic carbocycles. The van der Waals surface area contributed by atoms with Gasteiger partial charge in [-0.25, -0.2) is 13.2 Å². The summed E-state index contributed by atoms with van der Waals surface area (Å²) in [5, 5.41) is 0. The first-order valence-corrected chi connectivity index (χ1v) is 10.9. The van der Waals surface area contributed by atoms with E-state index in [0.717, 1.165) is 22.6 Å². The number of hydrogen-bond donors (Lipinski definition) is 0. The zero-order valence-electron chi connectivity index (χ0n) is 17.8. The molecule has 3 heteroatoms. The molecule has 1 aliphatic carbocycles. The predicted octanol–water partition coefficient (Wildman–Crippen LogP) is 8.37. The molecule has 5 rings (SSSR count). The predicted molar refractivity (Wildman–Crippen MR) is 124 cm³/mol. The Bertz CT molecular complexity index is 1240. The van der Waals surface area contributed by atoms with E-state index in [4.69, 9.17) is 0 Å². The van der Waals surface area contributed by atoms with Gasteiger partial charge in [0.15, 0.2) is 0 Å². The molecule has 0 spiro atoms. The number of halogens is 3. The van der Waals surface area contributed by atoms with Gasteiger partial charge in [0.05, 0.1) is 0 Å². The fourth-order valence-electron chi connectivity index (χ4n) is 4.07. The highest BCUT2D eigenvalue weighted by molar-refractivity contribution is 5.74. The molecule has 0 saturated heterocycles. The lowest BCUT2D eigenvalue weighted by Crippen LogP contribution is -1.93. The second kappa shape index (κ2) is 8.31. The van der Waals surface area contributed by atoms with Crippen molar-refractivity contribution in [3.05, 3.63) is 107 Å². The maximum absolute atomic E-state index is 14.8. The van der Waals surface area contributed by atoms with Gasteiger partial charge in [0.25, 0.3) is 0 Å². The SMILES string of the molecule is Cc1c(F)cc(-c2ccc(-c3ccc(-c4ccc(CC5CC5)cc4)cc3)cc2F)cc1F. The van der Waals surface area contributed by atoms with Crippen LogP contribution in [-0.2, 0) is 6.42 Å². The zero-order valence-corrected chi connectivity index (χ0v) is 17.8. The van der Waals surface area contributed by atoms with E-state index in [0.29, 0.717) is 5.56 Å². The number of hydrogen-bond acceptors (Lipinski definition) is 0. The third-order valence-electron chi connectivity index (χ3n) is 6.29. The van der Waals surface area contributed by atoms with Crippen LogP contribution in [0.5, 0.6) is 0 Å². The molecule has 1 saturated carbocycles. The summed E-state index contributed by atoms with van der Waals surface area (Å²) in [6.45, 7) is 1.36. The standard InChI is InChI=1S/C29H23F3/c1-18-27(30)16-25(17-28(18)31)26-13-12-24(15-29(26)32)23-10-8-22(9-11-23)21-6-4-20(5-7-21)14-19-2-3-19/h4-13,15-17,19H,2-3,14H2,1H3. The van der Waals surface area contributed by atoms with E-state index in [2.05, 4.69) is 24.3 Å². The molecule has 32 heavy (non-hydrogen) atoms. The van der Waals surface area contributed by atoms with Crippen molar-refractivity contribution in [3.63, 3.8) is 0 Å². The normalized spacial score (nSPS) is 13.4. The summed E-state index contributed by atoms with van der Waals surface area (Å²) in [6.07, 6.45) is 3.87. The van der Waals surface area contributed by atoms with Crippen LogP contribution in [-0.4, -0.2) is 0 Å². The first-order valence-electron chi connectivity index (χ1n) is 10.9. The maximum atomic E-state index is 14.8. The minimum Gasteiger partial charge on any atom is -0.207 e. The molecule has 0 aromatic heterocycles. The Labute approximate surface area is 186 Å². The van der Waals surface area contributed by atoms with Gasteiger partial charge in [-0.05, 0) is 83.7 Å². The van der Waals surface area contributed by atoms with E-state index >= 15 is 0 Å². The molecule has 160 valence electrons. The van der Waals surface area contributed by atoms with Gasteiger partial charge in [-0.1, -0.05) is 60.7 Å². The monoisotopic (exact) mass is 428 g/mol. The molecule has 0 nitrogen and oxygen atoms in total. The molecule has 0 heterocycles. The quantitative estimate of drug-likeness (QED) is 0.299. The summed E-state index contributed by atoms with van der Waals surface area (Å²) in [4.78, 5) is 0. The Morgan fingerprint density at radius 1 is 0.594 bits per heavy atom. The van der Waals surface area contributed by atoms with Crippen LogP contribution in [0.1, 0.15) is 24.0 Å². The van der Waals surface area contributed by atoms with Crippen LogP contribution >= 0.6 is 0 Å². The summed E-state index contributed by atoms with van der Waals surface area (Å²) in [5.41, 5.74) is 5.54. The minimum atomic E-state index is -0.681. The first-order chi connectivity index (χ1) is 15.5. The van der Waals surface area contributed by atoms with Gasteiger partial charge < -0.3 is 0 Å². The third kappa shape index (κ3) is 4.20. The number of rotatable bonds is 5. The summed E-state index contributed by atoms with van der Waals surface area (Å²) >= 11 is 0. The van der Waals surface area contributed by atoms with Gasteiger partial charge in [-0.15, -0.1) is 0 Å². The Kier molecular flexibility index (Phi) is 5.34. The van der Waals surface area contributed by atoms with E-state index in [9.17, 15) is 13.2 Å². The lowest BCUT2D eigenvalue weighted by atomic mass is 9.96. The fourth-order valence-corrected chi connectivity index (χ4v) is 4.07. The van der Waals surface area contributed by atoms with Crippen molar-refractivity contribution < 1.29 is 13.2 Å². The lowest BCUT2D eigenvalue weighted by molar-refractivity contribution is 0.568. The van der Waals surface area contributed by atoms with Crippen LogP contribution in [0, 0.1) is 30.3 Å². The van der Waals surface area contributed by atoms with E-state index in [1.165, 1.54) is 49.9 Å². The lowest BCUT2D eigenvalue weighted by Gasteiger charge is -2.10. The summed E-state index contributed by atoms with van der Waals surface area (Å²) in [6, 6.07) is 23.8. The van der Waals surface area contributed by atoms with Crippen molar-refractivity contribution in [1.29, 1.82) is 0 Å². The molecular weight excluding hydrogens is 405 g/mol. The highest BCUT2D eigenvalue weighted by Crippen LogP contribution is 2.34. The van der Waals surface area contributed by atoms with Crippen molar-refractivity contribution in [1.82, 2.24) is 0 Å². The molecule has 0 N–H and O–H groups in total. The first kappa shape index (κ1) is 20.6. The fraction of sp³-hybridized carbons (Fsp3) is 0.172. The molecule has 0 bridgehead atoms. The van der Waals surface area contributed by atoms with Crippen LogP contribution in [0.3, 0.4) is 0 Å². The van der Waals surface area contributed by atoms with Gasteiger partial charge >= 0.3 is 0 Å². The average Bonchev–Trinajstić information content (AvgIpc) is 3.62. The summed E-state index contributed by atoms with van der Waals surface area (Å²) in [7, 11) is 0. The number of benzene rings is 4. The Morgan fingerprint density at radius 3 is 1.59 bits per heavy atom. The highest BCUT2D eigenvalue weighted by Gasteiger charge is 2.21. The van der Waals surface area contributed by atoms with Gasteiger partial charge in [-0.2, -0.15) is 0 Å². The maximum Gasteiger partial charge on any atom is 0.131 e. The van der Waals surface area contributed by atoms with E-state index < -0.39 is 17.5 Å². The molecule has 0 atom stereocenters. The molecule has 1 fully saturated rings. The molecule has 0 radical (unpaired) electrons. The van der Waals surface area contributed by atoms with E-state index in [1.54, 1.807) is 12.1 Å². The van der Waals surface area contributed by atoms with Crippen LogP contribution in [0.25, 0.3) is 33.4 Å². The molecule has 0 amide bonds. The van der Waals surface area contributed by atoms with Crippen LogP contribution < -0.4 is 0 Å². The topological polar surface area (TPSA) is 0 Å². The van der Waals surface area contributed by atoms with Crippen LogP contribution in [0.15, 0.2) is 78.9 Å². The Hall–Kier alpha value is -3.33. The molecular formula is C29H23F3. The summed E-state index contributed by atoms with van der Waals surface area (Å²) in [5.74, 6) is -1.00.